The molecule has 210 valence electrons. The monoisotopic (exact) mass is 572 g/mol. The molecule has 2 amide bonds. The Morgan fingerprint density at radius 3 is 2.39 bits per heavy atom. The number of aliphatic carboxylic acids is 1. The fourth-order valence-electron chi connectivity index (χ4n) is 3.85. The maximum Gasteiger partial charge on any atom is 0.303 e. The van der Waals surface area contributed by atoms with E-state index >= 15 is 0 Å². The van der Waals surface area contributed by atoms with E-state index in [0.717, 1.165) is 22.5 Å². The van der Waals surface area contributed by atoms with E-state index in [2.05, 4.69) is 20.9 Å². The predicted molar refractivity (Wildman–Crippen MR) is 158 cm³/mol. The van der Waals surface area contributed by atoms with E-state index in [9.17, 15) is 14.4 Å². The fraction of sp³-hybridized carbons (Fsp3) is 0.138. The minimum atomic E-state index is -0.902. The fourth-order valence-corrected chi connectivity index (χ4v) is 4.72. The van der Waals surface area contributed by atoms with Gasteiger partial charge in [0.15, 0.2) is 11.1 Å². The van der Waals surface area contributed by atoms with Gasteiger partial charge in [0.25, 0.3) is 11.8 Å². The van der Waals surface area contributed by atoms with Gasteiger partial charge < -0.3 is 31.5 Å². The summed E-state index contributed by atoms with van der Waals surface area (Å²) in [6, 6.07) is 21.2. The lowest BCUT2D eigenvalue weighted by atomic mass is 10.1. The van der Waals surface area contributed by atoms with Crippen LogP contribution in [-0.2, 0) is 17.8 Å². The third-order valence-electron chi connectivity index (χ3n) is 5.73. The molecule has 0 saturated heterocycles. The standard InChI is InChI=1S/C29H28N6O5S/c1-17-25(41-29(32-17)35-28(30)31)27(39)34-22-13-20(14-23(15-22)40-16-19-6-3-2-4-7-19)26(38)33-21-9-5-8-18(12-21)10-11-24(36)37/h2-9,12-15H,10-11,16H2,1H3,(H,33,38)(H,34,39)(H,36,37)(H4,30,31,32,35). The molecule has 1 aromatic heterocycles. The summed E-state index contributed by atoms with van der Waals surface area (Å²) >= 11 is 1.04. The smallest absolute Gasteiger partial charge is 0.303 e. The van der Waals surface area contributed by atoms with Crippen molar-refractivity contribution in [2.24, 2.45) is 5.73 Å². The summed E-state index contributed by atoms with van der Waals surface area (Å²) in [5, 5.41) is 24.9. The van der Waals surface area contributed by atoms with Gasteiger partial charge in [-0.15, -0.1) is 0 Å². The van der Waals surface area contributed by atoms with E-state index in [1.807, 2.05) is 30.3 Å². The number of carboxylic acid groups (broad SMARTS) is 1. The summed E-state index contributed by atoms with van der Waals surface area (Å²) in [7, 11) is 0. The van der Waals surface area contributed by atoms with Gasteiger partial charge >= 0.3 is 5.97 Å². The number of anilines is 3. The van der Waals surface area contributed by atoms with Crippen LogP contribution in [0.1, 0.15) is 43.3 Å². The highest BCUT2D eigenvalue weighted by atomic mass is 32.1. The van der Waals surface area contributed by atoms with E-state index in [4.69, 9.17) is 21.0 Å². The van der Waals surface area contributed by atoms with Crippen LogP contribution in [0.4, 0.5) is 16.5 Å². The van der Waals surface area contributed by atoms with Crippen LogP contribution in [0, 0.1) is 12.3 Å². The van der Waals surface area contributed by atoms with Gasteiger partial charge in [-0.2, -0.15) is 0 Å². The number of aryl methyl sites for hydroxylation is 2. The Morgan fingerprint density at radius 1 is 0.927 bits per heavy atom. The molecule has 0 fully saturated rings. The first kappa shape index (κ1) is 28.8. The molecule has 3 aromatic carbocycles. The highest BCUT2D eigenvalue weighted by Crippen LogP contribution is 2.27. The van der Waals surface area contributed by atoms with Crippen molar-refractivity contribution in [1.82, 2.24) is 4.98 Å². The van der Waals surface area contributed by atoms with Crippen molar-refractivity contribution >= 4 is 51.6 Å². The van der Waals surface area contributed by atoms with Crippen molar-refractivity contribution < 1.29 is 24.2 Å². The molecule has 4 rings (SSSR count). The zero-order valence-electron chi connectivity index (χ0n) is 22.1. The highest BCUT2D eigenvalue weighted by molar-refractivity contribution is 7.17. The van der Waals surface area contributed by atoms with Gasteiger partial charge in [-0.3, -0.25) is 19.8 Å². The molecule has 1 heterocycles. The van der Waals surface area contributed by atoms with E-state index in [0.29, 0.717) is 39.2 Å². The van der Waals surface area contributed by atoms with E-state index in [1.54, 1.807) is 43.3 Å². The van der Waals surface area contributed by atoms with Crippen LogP contribution in [0.2, 0.25) is 0 Å². The Balaban J connectivity index is 1.57. The van der Waals surface area contributed by atoms with Gasteiger partial charge in [-0.1, -0.05) is 53.8 Å². The number of rotatable bonds is 11. The first-order valence-corrected chi connectivity index (χ1v) is 13.3. The summed E-state index contributed by atoms with van der Waals surface area (Å²) in [6.07, 6.45) is 0.311. The number of ether oxygens (including phenoxy) is 1. The number of nitrogens with zero attached hydrogens (tertiary/aromatic N) is 1. The Kier molecular flexibility index (Phi) is 9.28. The topological polar surface area (TPSA) is 180 Å². The minimum absolute atomic E-state index is 0.0210. The number of carbonyl (C=O) groups is 3. The number of aromatic nitrogens is 1. The summed E-state index contributed by atoms with van der Waals surface area (Å²) in [4.78, 5) is 41.8. The molecule has 0 aliphatic rings. The third-order valence-corrected chi connectivity index (χ3v) is 6.80. The number of nitrogens with two attached hydrogens (primary N) is 1. The lowest BCUT2D eigenvalue weighted by Gasteiger charge is -2.13. The molecule has 0 spiro atoms. The molecule has 0 radical (unpaired) electrons. The normalized spacial score (nSPS) is 10.5. The largest absolute Gasteiger partial charge is 0.489 e. The predicted octanol–water partition coefficient (Wildman–Crippen LogP) is 4.86. The molecule has 0 bridgehead atoms. The summed E-state index contributed by atoms with van der Waals surface area (Å²) < 4.78 is 5.96. The molecule has 0 aliphatic carbocycles. The maximum atomic E-state index is 13.3. The van der Waals surface area contributed by atoms with Gasteiger partial charge in [0.1, 0.15) is 17.2 Å². The zero-order chi connectivity index (χ0) is 29.4. The molecular formula is C29H28N6O5S. The molecule has 0 unspecified atom stereocenters. The second kappa shape index (κ2) is 13.2. The molecule has 4 aromatic rings. The number of benzene rings is 3. The molecule has 11 nitrogen and oxygen atoms in total. The Labute approximate surface area is 239 Å². The average Bonchev–Trinajstić information content (AvgIpc) is 3.30. The Bertz CT molecular complexity index is 1590. The van der Waals surface area contributed by atoms with Crippen LogP contribution >= 0.6 is 11.3 Å². The van der Waals surface area contributed by atoms with Crippen LogP contribution in [0.25, 0.3) is 0 Å². The van der Waals surface area contributed by atoms with Crippen LogP contribution < -0.4 is 26.4 Å². The summed E-state index contributed by atoms with van der Waals surface area (Å²) in [5.74, 6) is -1.72. The van der Waals surface area contributed by atoms with Gasteiger partial charge in [-0.05, 0) is 48.7 Å². The lowest BCUT2D eigenvalue weighted by molar-refractivity contribution is -0.136. The molecule has 0 aliphatic heterocycles. The van der Waals surface area contributed by atoms with Crippen LogP contribution in [0.5, 0.6) is 5.75 Å². The minimum Gasteiger partial charge on any atom is -0.489 e. The molecule has 0 atom stereocenters. The van der Waals surface area contributed by atoms with Gasteiger partial charge in [0.05, 0.1) is 5.69 Å². The molecule has 12 heteroatoms. The maximum absolute atomic E-state index is 13.3. The van der Waals surface area contributed by atoms with Crippen molar-refractivity contribution in [2.75, 3.05) is 16.0 Å². The van der Waals surface area contributed by atoms with E-state index in [-0.39, 0.29) is 24.6 Å². The van der Waals surface area contributed by atoms with Crippen molar-refractivity contribution in [3.05, 3.63) is 100 Å². The molecule has 41 heavy (non-hydrogen) atoms. The summed E-state index contributed by atoms with van der Waals surface area (Å²) in [5.41, 5.74) is 8.59. The Hall–Kier alpha value is -5.23. The van der Waals surface area contributed by atoms with Crippen LogP contribution in [-0.4, -0.2) is 33.8 Å². The number of hydrogen-bond donors (Lipinski definition) is 6. The first-order chi connectivity index (χ1) is 19.7. The van der Waals surface area contributed by atoms with Crippen LogP contribution in [0.15, 0.2) is 72.8 Å². The van der Waals surface area contributed by atoms with Gasteiger partial charge in [0.2, 0.25) is 0 Å². The van der Waals surface area contributed by atoms with Crippen LogP contribution in [0.3, 0.4) is 0 Å². The highest BCUT2D eigenvalue weighted by Gasteiger charge is 2.18. The SMILES string of the molecule is Cc1nc(NC(=N)N)sc1C(=O)Nc1cc(OCc2ccccc2)cc(C(=O)Nc2cccc(CCC(=O)O)c2)c1. The molecule has 0 saturated carbocycles. The van der Waals surface area contributed by atoms with E-state index in [1.165, 1.54) is 6.07 Å². The average molecular weight is 573 g/mol. The Morgan fingerprint density at radius 2 is 1.66 bits per heavy atom. The summed E-state index contributed by atoms with van der Waals surface area (Å²) in [6.45, 7) is 1.92. The van der Waals surface area contributed by atoms with Crippen molar-refractivity contribution in [3.8, 4) is 5.75 Å². The second-order valence-corrected chi connectivity index (χ2v) is 9.99. The number of guanidine groups is 1. The van der Waals surface area contributed by atoms with Crippen molar-refractivity contribution in [3.63, 3.8) is 0 Å². The van der Waals surface area contributed by atoms with E-state index < -0.39 is 17.8 Å². The van der Waals surface area contributed by atoms with Gasteiger partial charge in [0, 0.05) is 29.4 Å². The number of hydrogen-bond acceptors (Lipinski definition) is 7. The van der Waals surface area contributed by atoms with Crippen molar-refractivity contribution in [1.29, 1.82) is 5.41 Å². The number of amides is 2. The number of nitrogens with one attached hydrogen (secondary N) is 4. The number of carbonyl (C=O) groups excluding carboxylic acids is 2. The molecular weight excluding hydrogens is 544 g/mol. The zero-order valence-corrected chi connectivity index (χ0v) is 22.9. The first-order valence-electron chi connectivity index (χ1n) is 12.5. The van der Waals surface area contributed by atoms with Gasteiger partial charge in [-0.25, -0.2) is 4.98 Å². The number of carboxylic acids is 1. The van der Waals surface area contributed by atoms with Crippen molar-refractivity contribution in [2.45, 2.75) is 26.4 Å². The third kappa shape index (κ3) is 8.38. The lowest BCUT2D eigenvalue weighted by Crippen LogP contribution is -2.20. The second-order valence-electron chi connectivity index (χ2n) is 8.99. The quantitative estimate of drug-likeness (QED) is 0.109. The number of thiazole rings is 1. The molecule has 7 N–H and O–H groups in total.